The van der Waals surface area contributed by atoms with Crippen LogP contribution in [0.15, 0.2) is 47.4 Å². The van der Waals surface area contributed by atoms with Gasteiger partial charge in [-0.1, -0.05) is 23.8 Å². The maximum Gasteiger partial charge on any atom is 0.339 e. The number of carbonyl (C=O) groups is 1. The van der Waals surface area contributed by atoms with Crippen LogP contribution >= 0.6 is 0 Å². The van der Waals surface area contributed by atoms with Crippen molar-refractivity contribution < 1.29 is 22.5 Å². The summed E-state index contributed by atoms with van der Waals surface area (Å²) in [5.74, 6) is -1.01. The summed E-state index contributed by atoms with van der Waals surface area (Å²) in [6.45, 7) is 3.45. The van der Waals surface area contributed by atoms with E-state index in [0.29, 0.717) is 5.56 Å². The van der Waals surface area contributed by atoms with Gasteiger partial charge in [0.25, 0.3) is 0 Å². The molecule has 2 aromatic carbocycles. The molecule has 110 valence electrons. The minimum absolute atomic E-state index is 0.105. The van der Waals surface area contributed by atoms with Gasteiger partial charge in [0, 0.05) is 0 Å². The standard InChI is InChI=1S/C15H14O5S/c1-10-3-7-13(8-4-10)20-21(18,19)14-9-12(15(16)17)6-5-11(14)2/h3-9H,1-2H3,(H,16,17). The zero-order valence-electron chi connectivity index (χ0n) is 11.5. The summed E-state index contributed by atoms with van der Waals surface area (Å²) in [5.41, 5.74) is 1.29. The molecular formula is C15H14O5S. The zero-order chi connectivity index (χ0) is 15.6. The minimum Gasteiger partial charge on any atom is -0.478 e. The van der Waals surface area contributed by atoms with Crippen molar-refractivity contribution in [3.63, 3.8) is 0 Å². The average Bonchev–Trinajstić information content (AvgIpc) is 2.41. The lowest BCUT2D eigenvalue weighted by atomic mass is 10.1. The number of aromatic carboxylic acids is 1. The van der Waals surface area contributed by atoms with Gasteiger partial charge in [-0.3, -0.25) is 0 Å². The molecule has 21 heavy (non-hydrogen) atoms. The molecule has 2 aromatic rings. The Morgan fingerprint density at radius 3 is 2.24 bits per heavy atom. The molecule has 0 radical (unpaired) electrons. The maximum atomic E-state index is 12.3. The Kier molecular flexibility index (Phi) is 3.99. The van der Waals surface area contributed by atoms with Crippen LogP contribution in [0.1, 0.15) is 21.5 Å². The highest BCUT2D eigenvalue weighted by Crippen LogP contribution is 2.22. The van der Waals surface area contributed by atoms with Gasteiger partial charge in [0.1, 0.15) is 10.6 Å². The van der Waals surface area contributed by atoms with Gasteiger partial charge in [-0.25, -0.2) is 4.79 Å². The number of hydrogen-bond acceptors (Lipinski definition) is 4. The third-order valence-electron chi connectivity index (χ3n) is 2.93. The quantitative estimate of drug-likeness (QED) is 0.878. The van der Waals surface area contributed by atoms with E-state index in [4.69, 9.17) is 9.29 Å². The van der Waals surface area contributed by atoms with E-state index >= 15 is 0 Å². The van der Waals surface area contributed by atoms with E-state index in [9.17, 15) is 13.2 Å². The van der Waals surface area contributed by atoms with Gasteiger partial charge in [0.2, 0.25) is 0 Å². The highest BCUT2D eigenvalue weighted by molar-refractivity contribution is 7.87. The van der Waals surface area contributed by atoms with E-state index in [1.807, 2.05) is 6.92 Å². The number of benzene rings is 2. The molecule has 2 rings (SSSR count). The number of aryl methyl sites for hydroxylation is 2. The lowest BCUT2D eigenvalue weighted by Gasteiger charge is -2.10. The molecule has 0 fully saturated rings. The molecular weight excluding hydrogens is 292 g/mol. The lowest BCUT2D eigenvalue weighted by molar-refractivity contribution is 0.0696. The van der Waals surface area contributed by atoms with Crippen LogP contribution in [0.5, 0.6) is 5.75 Å². The summed E-state index contributed by atoms with van der Waals surface area (Å²) in [4.78, 5) is 10.8. The molecule has 0 aliphatic carbocycles. The first kappa shape index (κ1) is 15.1. The Balaban J connectivity index is 2.41. The maximum absolute atomic E-state index is 12.3. The third kappa shape index (κ3) is 3.41. The Morgan fingerprint density at radius 1 is 1.05 bits per heavy atom. The van der Waals surface area contributed by atoms with Crippen LogP contribution in [-0.2, 0) is 10.1 Å². The number of carboxylic acids is 1. The Hall–Kier alpha value is -2.34. The van der Waals surface area contributed by atoms with Gasteiger partial charge in [0.15, 0.2) is 0 Å². The monoisotopic (exact) mass is 306 g/mol. The van der Waals surface area contributed by atoms with E-state index in [2.05, 4.69) is 0 Å². The van der Waals surface area contributed by atoms with Gasteiger partial charge in [0.05, 0.1) is 5.56 Å². The topological polar surface area (TPSA) is 80.7 Å². The van der Waals surface area contributed by atoms with E-state index in [-0.39, 0.29) is 16.2 Å². The molecule has 0 bridgehead atoms. The molecule has 0 spiro atoms. The first-order chi connectivity index (χ1) is 9.79. The summed E-state index contributed by atoms with van der Waals surface area (Å²) in [6.07, 6.45) is 0. The van der Waals surface area contributed by atoms with E-state index in [1.165, 1.54) is 12.1 Å². The van der Waals surface area contributed by atoms with Crippen molar-refractivity contribution in [2.45, 2.75) is 18.7 Å². The fraction of sp³-hybridized carbons (Fsp3) is 0.133. The SMILES string of the molecule is Cc1ccc(OS(=O)(=O)c2cc(C(=O)O)ccc2C)cc1. The van der Waals surface area contributed by atoms with E-state index in [0.717, 1.165) is 11.6 Å². The van der Waals surface area contributed by atoms with Gasteiger partial charge in [-0.15, -0.1) is 0 Å². The zero-order valence-corrected chi connectivity index (χ0v) is 12.3. The summed E-state index contributed by atoms with van der Waals surface area (Å²) >= 11 is 0. The molecule has 0 heterocycles. The summed E-state index contributed by atoms with van der Waals surface area (Å²) in [7, 11) is -4.08. The predicted molar refractivity (Wildman–Crippen MR) is 77.1 cm³/mol. The highest BCUT2D eigenvalue weighted by atomic mass is 32.2. The van der Waals surface area contributed by atoms with Gasteiger partial charge in [-0.05, 0) is 43.7 Å². The molecule has 6 heteroatoms. The number of rotatable bonds is 4. The van der Waals surface area contributed by atoms with E-state index < -0.39 is 16.1 Å². The van der Waals surface area contributed by atoms with Crippen molar-refractivity contribution in [1.82, 2.24) is 0 Å². The second-order valence-electron chi connectivity index (χ2n) is 4.64. The average molecular weight is 306 g/mol. The molecule has 0 unspecified atom stereocenters. The summed E-state index contributed by atoms with van der Waals surface area (Å²) in [5, 5.41) is 8.95. The molecule has 0 saturated heterocycles. The van der Waals surface area contributed by atoms with Crippen molar-refractivity contribution >= 4 is 16.1 Å². The molecule has 0 atom stereocenters. The number of carboxylic acid groups (broad SMARTS) is 1. The molecule has 0 aliphatic heterocycles. The Morgan fingerprint density at radius 2 is 1.67 bits per heavy atom. The summed E-state index contributed by atoms with van der Waals surface area (Å²) in [6, 6.07) is 10.4. The van der Waals surface area contributed by atoms with E-state index in [1.54, 1.807) is 31.2 Å². The largest absolute Gasteiger partial charge is 0.478 e. The van der Waals surface area contributed by atoms with Crippen molar-refractivity contribution in [2.24, 2.45) is 0 Å². The van der Waals surface area contributed by atoms with Crippen molar-refractivity contribution in [3.05, 3.63) is 59.2 Å². The van der Waals surface area contributed by atoms with Crippen molar-refractivity contribution in [2.75, 3.05) is 0 Å². The van der Waals surface area contributed by atoms with Crippen LogP contribution in [0, 0.1) is 13.8 Å². The van der Waals surface area contributed by atoms with Crippen LogP contribution in [0.2, 0.25) is 0 Å². The first-order valence-electron chi connectivity index (χ1n) is 6.15. The molecule has 0 saturated carbocycles. The van der Waals surface area contributed by atoms with Crippen LogP contribution in [0.25, 0.3) is 0 Å². The van der Waals surface area contributed by atoms with Crippen molar-refractivity contribution in [1.29, 1.82) is 0 Å². The van der Waals surface area contributed by atoms with Gasteiger partial charge < -0.3 is 9.29 Å². The Labute approximate surface area is 122 Å². The van der Waals surface area contributed by atoms with Crippen LogP contribution in [0.3, 0.4) is 0 Å². The first-order valence-corrected chi connectivity index (χ1v) is 7.55. The van der Waals surface area contributed by atoms with Gasteiger partial charge in [-0.2, -0.15) is 8.42 Å². The highest BCUT2D eigenvalue weighted by Gasteiger charge is 2.21. The second kappa shape index (κ2) is 5.57. The number of hydrogen-bond donors (Lipinski definition) is 1. The van der Waals surface area contributed by atoms with Crippen LogP contribution in [0.4, 0.5) is 0 Å². The Bertz CT molecular complexity index is 776. The predicted octanol–water partition coefficient (Wildman–Crippen LogP) is 2.77. The molecule has 0 aliphatic rings. The van der Waals surface area contributed by atoms with Crippen LogP contribution in [-0.4, -0.2) is 19.5 Å². The summed E-state index contributed by atoms with van der Waals surface area (Å²) < 4.78 is 29.6. The fourth-order valence-corrected chi connectivity index (χ4v) is 2.96. The minimum atomic E-state index is -4.08. The lowest BCUT2D eigenvalue weighted by Crippen LogP contribution is -2.12. The third-order valence-corrected chi connectivity index (χ3v) is 4.32. The molecule has 5 nitrogen and oxygen atoms in total. The van der Waals surface area contributed by atoms with Crippen molar-refractivity contribution in [3.8, 4) is 5.75 Å². The van der Waals surface area contributed by atoms with Gasteiger partial charge >= 0.3 is 16.1 Å². The molecule has 1 N–H and O–H groups in total. The normalized spacial score (nSPS) is 11.1. The van der Waals surface area contributed by atoms with Crippen LogP contribution < -0.4 is 4.18 Å². The second-order valence-corrected chi connectivity index (χ2v) is 6.15. The fourth-order valence-electron chi connectivity index (χ4n) is 1.77. The molecule has 0 aromatic heterocycles. The molecule has 0 amide bonds. The smallest absolute Gasteiger partial charge is 0.339 e.